The van der Waals surface area contributed by atoms with E-state index in [1.165, 1.54) is 23.1 Å². The highest BCUT2D eigenvalue weighted by molar-refractivity contribution is 7.98. The van der Waals surface area contributed by atoms with Gasteiger partial charge in [0.1, 0.15) is 10.6 Å². The van der Waals surface area contributed by atoms with Gasteiger partial charge in [0, 0.05) is 10.9 Å². The molecule has 26 heavy (non-hydrogen) atoms. The summed E-state index contributed by atoms with van der Waals surface area (Å²) in [6, 6.07) is 9.77. The number of oxazole rings is 1. The Morgan fingerprint density at radius 1 is 1.23 bits per heavy atom. The highest BCUT2D eigenvalue weighted by Gasteiger charge is 2.17. The van der Waals surface area contributed by atoms with E-state index in [4.69, 9.17) is 10.3 Å². The predicted molar refractivity (Wildman–Crippen MR) is 105 cm³/mol. The maximum atomic E-state index is 12.8. The average Bonchev–Trinajstić information content (AvgIpc) is 3.21. The first-order valence-corrected chi connectivity index (χ1v) is 9.81. The van der Waals surface area contributed by atoms with E-state index in [0.29, 0.717) is 27.0 Å². The maximum Gasteiger partial charge on any atom is 0.282 e. The number of fused-ring (bicyclic) bond motifs is 1. The third-order valence-corrected chi connectivity index (χ3v) is 5.90. The molecule has 132 valence electrons. The van der Waals surface area contributed by atoms with Crippen molar-refractivity contribution < 1.29 is 4.42 Å². The van der Waals surface area contributed by atoms with Crippen molar-refractivity contribution in [1.82, 2.24) is 14.6 Å². The Kier molecular flexibility index (Phi) is 4.29. The van der Waals surface area contributed by atoms with Gasteiger partial charge in [-0.15, -0.1) is 11.3 Å². The van der Waals surface area contributed by atoms with Gasteiger partial charge < -0.3 is 10.3 Å². The van der Waals surface area contributed by atoms with Gasteiger partial charge in [0.25, 0.3) is 5.56 Å². The summed E-state index contributed by atoms with van der Waals surface area (Å²) < 4.78 is 6.68. The Morgan fingerprint density at radius 2 is 2.00 bits per heavy atom. The number of nitrogen functional groups attached to an aromatic ring is 1. The van der Waals surface area contributed by atoms with Gasteiger partial charge in [0.05, 0.1) is 16.8 Å². The van der Waals surface area contributed by atoms with Crippen molar-refractivity contribution in [3.8, 4) is 11.1 Å². The molecule has 0 amide bonds. The second-order valence-electron chi connectivity index (χ2n) is 5.80. The van der Waals surface area contributed by atoms with Crippen molar-refractivity contribution in [3.05, 3.63) is 63.4 Å². The smallest absolute Gasteiger partial charge is 0.282 e. The maximum absolute atomic E-state index is 12.8. The number of thiophene rings is 1. The molecule has 0 fully saturated rings. The Bertz CT molecular complexity index is 1130. The summed E-state index contributed by atoms with van der Waals surface area (Å²) in [5, 5.41) is 2.94. The summed E-state index contributed by atoms with van der Waals surface area (Å²) in [6.45, 7) is 3.77. The van der Waals surface area contributed by atoms with Crippen LogP contribution in [-0.2, 0) is 5.75 Å². The van der Waals surface area contributed by atoms with E-state index in [0.717, 1.165) is 27.3 Å². The third-order valence-electron chi connectivity index (χ3n) is 4.09. The summed E-state index contributed by atoms with van der Waals surface area (Å²) in [4.78, 5) is 22.4. The molecule has 3 aromatic heterocycles. The van der Waals surface area contributed by atoms with Crippen molar-refractivity contribution in [3.63, 3.8) is 0 Å². The lowest BCUT2D eigenvalue weighted by Gasteiger charge is -2.06. The molecular formula is C18H16N4O2S2. The van der Waals surface area contributed by atoms with E-state index >= 15 is 0 Å². The van der Waals surface area contributed by atoms with E-state index in [-0.39, 0.29) is 5.56 Å². The molecule has 3 heterocycles. The standard InChI is InChI=1S/C18H16N4O2S2/c1-10-11(2)24-14(20-10)9-26-18-21-16-15(17(23)22(18)19)13(8-25-16)12-6-4-3-5-7-12/h3-8H,9,19H2,1-2H3. The van der Waals surface area contributed by atoms with Crippen LogP contribution in [0.15, 0.2) is 50.1 Å². The van der Waals surface area contributed by atoms with Crippen LogP contribution in [0.25, 0.3) is 21.3 Å². The molecule has 2 N–H and O–H groups in total. The van der Waals surface area contributed by atoms with E-state index in [2.05, 4.69) is 9.97 Å². The van der Waals surface area contributed by atoms with Crippen LogP contribution < -0.4 is 11.4 Å². The Hall–Kier alpha value is -2.58. The quantitative estimate of drug-likeness (QED) is 0.328. The highest BCUT2D eigenvalue weighted by Crippen LogP contribution is 2.32. The second-order valence-corrected chi connectivity index (χ2v) is 7.60. The van der Waals surface area contributed by atoms with Crippen LogP contribution in [0, 0.1) is 13.8 Å². The predicted octanol–water partition coefficient (Wildman–Crippen LogP) is 3.74. The number of thioether (sulfide) groups is 1. The summed E-state index contributed by atoms with van der Waals surface area (Å²) in [7, 11) is 0. The fraction of sp³-hybridized carbons (Fsp3) is 0.167. The first kappa shape index (κ1) is 16.9. The zero-order valence-corrected chi connectivity index (χ0v) is 15.9. The van der Waals surface area contributed by atoms with Crippen LogP contribution in [0.3, 0.4) is 0 Å². The van der Waals surface area contributed by atoms with Crippen LogP contribution in [0.5, 0.6) is 0 Å². The normalized spacial score (nSPS) is 11.3. The van der Waals surface area contributed by atoms with Crippen LogP contribution in [0.4, 0.5) is 0 Å². The molecule has 0 saturated carbocycles. The van der Waals surface area contributed by atoms with Gasteiger partial charge in [-0.1, -0.05) is 42.1 Å². The van der Waals surface area contributed by atoms with E-state index in [9.17, 15) is 4.79 Å². The molecular weight excluding hydrogens is 368 g/mol. The minimum Gasteiger partial charge on any atom is -0.445 e. The topological polar surface area (TPSA) is 86.9 Å². The average molecular weight is 384 g/mol. The van der Waals surface area contributed by atoms with E-state index in [1.54, 1.807) is 0 Å². The SMILES string of the molecule is Cc1nc(CSc2nc3scc(-c4ccccc4)c3c(=O)n2N)oc1C. The molecule has 6 nitrogen and oxygen atoms in total. The molecule has 4 aromatic rings. The molecule has 0 radical (unpaired) electrons. The lowest BCUT2D eigenvalue weighted by molar-refractivity contribution is 0.489. The van der Waals surface area contributed by atoms with Gasteiger partial charge in [-0.25, -0.2) is 14.6 Å². The van der Waals surface area contributed by atoms with Crippen molar-refractivity contribution in [2.24, 2.45) is 0 Å². The molecule has 0 aliphatic carbocycles. The second kappa shape index (κ2) is 6.62. The fourth-order valence-electron chi connectivity index (χ4n) is 2.64. The molecule has 0 unspecified atom stereocenters. The number of hydrogen-bond donors (Lipinski definition) is 1. The van der Waals surface area contributed by atoms with Gasteiger partial charge >= 0.3 is 0 Å². The molecule has 0 atom stereocenters. The van der Waals surface area contributed by atoms with Gasteiger partial charge in [-0.3, -0.25) is 4.79 Å². The Morgan fingerprint density at radius 3 is 2.69 bits per heavy atom. The molecule has 0 spiro atoms. The summed E-state index contributed by atoms with van der Waals surface area (Å²) >= 11 is 2.78. The monoisotopic (exact) mass is 384 g/mol. The number of aryl methyl sites for hydroxylation is 2. The fourth-order valence-corrected chi connectivity index (χ4v) is 4.39. The Labute approximate surface area is 157 Å². The van der Waals surface area contributed by atoms with E-state index in [1.807, 2.05) is 49.6 Å². The largest absolute Gasteiger partial charge is 0.445 e. The summed E-state index contributed by atoms with van der Waals surface area (Å²) in [5.74, 6) is 7.87. The minimum atomic E-state index is -0.252. The lowest BCUT2D eigenvalue weighted by atomic mass is 10.1. The molecule has 4 rings (SSSR count). The molecule has 0 saturated heterocycles. The zero-order valence-electron chi connectivity index (χ0n) is 14.2. The van der Waals surface area contributed by atoms with Crippen molar-refractivity contribution in [2.45, 2.75) is 24.8 Å². The molecule has 0 bridgehead atoms. The number of rotatable bonds is 4. The molecule has 0 aliphatic heterocycles. The van der Waals surface area contributed by atoms with Crippen LogP contribution >= 0.6 is 23.1 Å². The number of hydrogen-bond acceptors (Lipinski definition) is 7. The minimum absolute atomic E-state index is 0.252. The summed E-state index contributed by atoms with van der Waals surface area (Å²) in [6.07, 6.45) is 0. The molecule has 0 aliphatic rings. The zero-order chi connectivity index (χ0) is 18.3. The van der Waals surface area contributed by atoms with Crippen LogP contribution in [0.1, 0.15) is 17.3 Å². The van der Waals surface area contributed by atoms with Gasteiger partial charge in [0.2, 0.25) is 5.89 Å². The summed E-state index contributed by atoms with van der Waals surface area (Å²) in [5.41, 5.74) is 2.44. The number of aromatic nitrogens is 3. The lowest BCUT2D eigenvalue weighted by Crippen LogP contribution is -2.29. The van der Waals surface area contributed by atoms with Crippen LogP contribution in [0.2, 0.25) is 0 Å². The molecule has 8 heteroatoms. The van der Waals surface area contributed by atoms with Crippen molar-refractivity contribution in [1.29, 1.82) is 0 Å². The first-order valence-electron chi connectivity index (χ1n) is 7.95. The highest BCUT2D eigenvalue weighted by atomic mass is 32.2. The number of nitrogens with zero attached hydrogens (tertiary/aromatic N) is 3. The van der Waals surface area contributed by atoms with Gasteiger partial charge in [-0.2, -0.15) is 0 Å². The number of benzene rings is 1. The third kappa shape index (κ3) is 2.91. The Balaban J connectivity index is 1.72. The number of nitrogens with two attached hydrogens (primary N) is 1. The first-order chi connectivity index (χ1) is 12.5. The van der Waals surface area contributed by atoms with Gasteiger partial charge in [-0.05, 0) is 19.4 Å². The molecule has 1 aromatic carbocycles. The van der Waals surface area contributed by atoms with Crippen molar-refractivity contribution >= 4 is 33.3 Å². The van der Waals surface area contributed by atoms with Crippen molar-refractivity contribution in [2.75, 3.05) is 5.84 Å². The van der Waals surface area contributed by atoms with Gasteiger partial charge in [0.15, 0.2) is 5.16 Å². The van der Waals surface area contributed by atoms with Crippen LogP contribution in [-0.4, -0.2) is 14.6 Å². The van der Waals surface area contributed by atoms with E-state index < -0.39 is 0 Å².